The van der Waals surface area contributed by atoms with Gasteiger partial charge in [-0.15, -0.1) is 0 Å². The van der Waals surface area contributed by atoms with Gasteiger partial charge in [-0.1, -0.05) is 11.6 Å². The molecular formula is C20H29N3O. The molecule has 0 atom stereocenters. The molecule has 1 aliphatic heterocycles. The maximum absolute atomic E-state index is 12.3. The Hall–Kier alpha value is -1.97. The van der Waals surface area contributed by atoms with E-state index in [0.717, 1.165) is 25.9 Å². The number of benzene rings is 1. The third-order valence-electron chi connectivity index (χ3n) is 4.92. The summed E-state index contributed by atoms with van der Waals surface area (Å²) in [6.45, 7) is 12.1. The number of amides is 2. The summed E-state index contributed by atoms with van der Waals surface area (Å²) in [4.78, 5) is 17.9. The van der Waals surface area contributed by atoms with E-state index in [4.69, 9.17) is 0 Å². The third-order valence-corrected chi connectivity index (χ3v) is 4.92. The Morgan fingerprint density at radius 1 is 1.21 bits per heavy atom. The number of aryl methyl sites for hydroxylation is 2. The zero-order chi connectivity index (χ0) is 17.5. The lowest BCUT2D eigenvalue weighted by Crippen LogP contribution is -2.50. The molecule has 4 heteroatoms. The van der Waals surface area contributed by atoms with Gasteiger partial charge in [-0.2, -0.15) is 0 Å². The minimum atomic E-state index is -0.181. The third kappa shape index (κ3) is 3.42. The Balaban J connectivity index is 1.71. The number of fused-ring (bicyclic) bond motifs is 1. The largest absolute Gasteiger partial charge is 0.358 e. The summed E-state index contributed by atoms with van der Waals surface area (Å²) in [5.74, 6) is 0.511. The van der Waals surface area contributed by atoms with Crippen LogP contribution in [0.15, 0.2) is 18.2 Å². The van der Waals surface area contributed by atoms with Crippen LogP contribution in [0.1, 0.15) is 56.4 Å². The summed E-state index contributed by atoms with van der Waals surface area (Å²) in [6.07, 6.45) is 2.04. The molecule has 2 heterocycles. The Kier molecular flexibility index (Phi) is 4.33. The Morgan fingerprint density at radius 3 is 2.50 bits per heavy atom. The fraction of sp³-hybridized carbons (Fsp3) is 0.550. The van der Waals surface area contributed by atoms with Crippen molar-refractivity contribution in [2.24, 2.45) is 0 Å². The first kappa shape index (κ1) is 16.9. The molecule has 2 aromatic rings. The molecule has 2 N–H and O–H groups in total. The van der Waals surface area contributed by atoms with E-state index in [0.29, 0.717) is 5.92 Å². The number of likely N-dealkylation sites (tertiary alicyclic amines) is 1. The van der Waals surface area contributed by atoms with Crippen molar-refractivity contribution in [1.29, 1.82) is 0 Å². The van der Waals surface area contributed by atoms with Crippen molar-refractivity contribution >= 4 is 16.9 Å². The number of nitrogens with zero attached hydrogens (tertiary/aromatic N) is 1. The number of nitrogens with one attached hydrogen (secondary N) is 2. The molecule has 0 spiro atoms. The van der Waals surface area contributed by atoms with Gasteiger partial charge in [-0.3, -0.25) is 0 Å². The molecule has 3 rings (SSSR count). The van der Waals surface area contributed by atoms with E-state index < -0.39 is 0 Å². The highest BCUT2D eigenvalue weighted by molar-refractivity contribution is 5.85. The number of hydrogen-bond acceptors (Lipinski definition) is 1. The van der Waals surface area contributed by atoms with Crippen LogP contribution in [0.4, 0.5) is 4.79 Å². The second-order valence-electron chi connectivity index (χ2n) is 8.15. The van der Waals surface area contributed by atoms with Crippen molar-refractivity contribution in [3.8, 4) is 0 Å². The van der Waals surface area contributed by atoms with Crippen molar-refractivity contribution in [3.63, 3.8) is 0 Å². The topological polar surface area (TPSA) is 48.1 Å². The second-order valence-corrected chi connectivity index (χ2v) is 8.15. The lowest BCUT2D eigenvalue weighted by Gasteiger charge is -2.34. The maximum atomic E-state index is 12.3. The van der Waals surface area contributed by atoms with Gasteiger partial charge in [-0.25, -0.2) is 4.79 Å². The van der Waals surface area contributed by atoms with E-state index in [-0.39, 0.29) is 11.6 Å². The van der Waals surface area contributed by atoms with Gasteiger partial charge in [0.25, 0.3) is 0 Å². The van der Waals surface area contributed by atoms with Gasteiger partial charge in [0.15, 0.2) is 0 Å². The first-order chi connectivity index (χ1) is 11.2. The molecule has 0 radical (unpaired) electrons. The predicted molar refractivity (Wildman–Crippen MR) is 99.6 cm³/mol. The average molecular weight is 327 g/mol. The highest BCUT2D eigenvalue weighted by Crippen LogP contribution is 2.33. The quantitative estimate of drug-likeness (QED) is 0.797. The van der Waals surface area contributed by atoms with Crippen LogP contribution in [-0.2, 0) is 0 Å². The number of carbonyl (C=O) groups is 1. The van der Waals surface area contributed by atoms with Crippen LogP contribution in [-0.4, -0.2) is 34.5 Å². The van der Waals surface area contributed by atoms with Crippen molar-refractivity contribution in [2.45, 2.75) is 58.9 Å². The van der Waals surface area contributed by atoms with Gasteiger partial charge >= 0.3 is 6.03 Å². The van der Waals surface area contributed by atoms with E-state index in [1.165, 1.54) is 27.7 Å². The van der Waals surface area contributed by atoms with Gasteiger partial charge in [0.1, 0.15) is 0 Å². The van der Waals surface area contributed by atoms with Gasteiger partial charge in [-0.05, 0) is 65.2 Å². The molecule has 4 nitrogen and oxygen atoms in total. The summed E-state index contributed by atoms with van der Waals surface area (Å²) < 4.78 is 0. The van der Waals surface area contributed by atoms with Crippen LogP contribution in [0.25, 0.3) is 10.9 Å². The van der Waals surface area contributed by atoms with Crippen LogP contribution in [0.3, 0.4) is 0 Å². The molecule has 1 aliphatic rings. The molecule has 0 bridgehead atoms. The fourth-order valence-electron chi connectivity index (χ4n) is 3.64. The standard InChI is InChI=1S/C20H29N3O/c1-13-6-7-17-16(12-13)14(2)18(21-17)15-8-10-23(11-9-15)19(24)22-20(3,4)5/h6-7,12,15,21H,8-11H2,1-5H3,(H,22,24). The molecule has 2 amide bonds. The van der Waals surface area contributed by atoms with E-state index >= 15 is 0 Å². The summed E-state index contributed by atoms with van der Waals surface area (Å²) in [7, 11) is 0. The molecule has 0 unspecified atom stereocenters. The van der Waals surface area contributed by atoms with Gasteiger partial charge < -0.3 is 15.2 Å². The normalized spacial score (nSPS) is 16.6. The van der Waals surface area contributed by atoms with Gasteiger partial charge in [0.2, 0.25) is 0 Å². The number of rotatable bonds is 1. The number of H-pyrrole nitrogens is 1. The van der Waals surface area contributed by atoms with Crippen LogP contribution in [0, 0.1) is 13.8 Å². The molecule has 1 fully saturated rings. The monoisotopic (exact) mass is 327 g/mol. The summed E-state index contributed by atoms with van der Waals surface area (Å²) in [5.41, 5.74) is 5.06. The SMILES string of the molecule is Cc1ccc2[nH]c(C3CCN(C(=O)NC(C)(C)C)CC3)c(C)c2c1. The number of carbonyl (C=O) groups excluding carboxylic acids is 1. The zero-order valence-electron chi connectivity index (χ0n) is 15.5. The number of urea groups is 1. The smallest absolute Gasteiger partial charge is 0.317 e. The number of aromatic amines is 1. The highest BCUT2D eigenvalue weighted by atomic mass is 16.2. The van der Waals surface area contributed by atoms with E-state index in [9.17, 15) is 4.79 Å². The summed E-state index contributed by atoms with van der Waals surface area (Å²) in [5, 5.41) is 4.39. The van der Waals surface area contributed by atoms with Crippen LogP contribution in [0.2, 0.25) is 0 Å². The first-order valence-electron chi connectivity index (χ1n) is 8.90. The van der Waals surface area contributed by atoms with Gasteiger partial charge in [0, 0.05) is 41.1 Å². The van der Waals surface area contributed by atoms with Crippen LogP contribution >= 0.6 is 0 Å². The van der Waals surface area contributed by atoms with E-state index in [1.807, 2.05) is 25.7 Å². The Labute approximate surface area is 144 Å². The maximum Gasteiger partial charge on any atom is 0.317 e. The highest BCUT2D eigenvalue weighted by Gasteiger charge is 2.27. The van der Waals surface area contributed by atoms with Gasteiger partial charge in [0.05, 0.1) is 0 Å². The lowest BCUT2D eigenvalue weighted by atomic mass is 9.91. The predicted octanol–water partition coefficient (Wildman–Crippen LogP) is 4.47. The van der Waals surface area contributed by atoms with Crippen molar-refractivity contribution in [3.05, 3.63) is 35.0 Å². The summed E-state index contributed by atoms with van der Waals surface area (Å²) in [6, 6.07) is 6.65. The Morgan fingerprint density at radius 2 is 1.88 bits per heavy atom. The molecule has 0 saturated carbocycles. The van der Waals surface area contributed by atoms with Crippen molar-refractivity contribution in [1.82, 2.24) is 15.2 Å². The molecular weight excluding hydrogens is 298 g/mol. The molecule has 1 aromatic heterocycles. The molecule has 24 heavy (non-hydrogen) atoms. The number of hydrogen-bond donors (Lipinski definition) is 2. The molecule has 1 saturated heterocycles. The number of piperidine rings is 1. The van der Waals surface area contributed by atoms with E-state index in [2.05, 4.69) is 42.3 Å². The average Bonchev–Trinajstić information content (AvgIpc) is 2.83. The van der Waals surface area contributed by atoms with Crippen molar-refractivity contribution in [2.75, 3.05) is 13.1 Å². The van der Waals surface area contributed by atoms with Crippen LogP contribution in [0.5, 0.6) is 0 Å². The second kappa shape index (κ2) is 6.15. The van der Waals surface area contributed by atoms with E-state index in [1.54, 1.807) is 0 Å². The molecule has 1 aromatic carbocycles. The fourth-order valence-corrected chi connectivity index (χ4v) is 3.64. The minimum absolute atomic E-state index is 0.0601. The molecule has 130 valence electrons. The lowest BCUT2D eigenvalue weighted by molar-refractivity contribution is 0.172. The Bertz CT molecular complexity index is 746. The number of aromatic nitrogens is 1. The van der Waals surface area contributed by atoms with Crippen molar-refractivity contribution < 1.29 is 4.79 Å². The zero-order valence-corrected chi connectivity index (χ0v) is 15.5. The van der Waals surface area contributed by atoms with Crippen LogP contribution < -0.4 is 5.32 Å². The first-order valence-corrected chi connectivity index (χ1v) is 8.90. The summed E-state index contributed by atoms with van der Waals surface area (Å²) >= 11 is 0. The molecule has 0 aliphatic carbocycles. The minimum Gasteiger partial charge on any atom is -0.358 e.